The second-order valence-electron chi connectivity index (χ2n) is 15.6. The molecule has 2 aliphatic heterocycles. The molecule has 3 fully saturated rings. The minimum atomic E-state index is -4.60. The second kappa shape index (κ2) is 14.8. The number of ether oxygens (including phenoxy) is 5. The van der Waals surface area contributed by atoms with Crippen molar-refractivity contribution in [1.29, 1.82) is 0 Å². The predicted molar refractivity (Wildman–Crippen MR) is 185 cm³/mol. The smallest absolute Gasteiger partial charge is 0.351 e. The van der Waals surface area contributed by atoms with Gasteiger partial charge in [0, 0.05) is 12.2 Å². The van der Waals surface area contributed by atoms with Crippen molar-refractivity contribution < 1.29 is 55.3 Å². The van der Waals surface area contributed by atoms with E-state index in [9.17, 15) is 22.6 Å². The fourth-order valence-corrected chi connectivity index (χ4v) is 10.4. The van der Waals surface area contributed by atoms with E-state index in [1.54, 1.807) is 66.2 Å². The number of halogens is 1. The number of nitrogens with zero attached hydrogens (tertiary/aromatic N) is 3. The first-order valence-electron chi connectivity index (χ1n) is 16.8. The van der Waals surface area contributed by atoms with Crippen LogP contribution in [0.1, 0.15) is 87.3 Å². The van der Waals surface area contributed by atoms with Gasteiger partial charge in [0.2, 0.25) is 18.9 Å². The third kappa shape index (κ3) is 9.79. The minimum Gasteiger partial charge on any atom is -0.438 e. The van der Waals surface area contributed by atoms with Crippen molar-refractivity contribution in [3.8, 4) is 0 Å². The van der Waals surface area contributed by atoms with Gasteiger partial charge in [0.25, 0.3) is 0 Å². The molecular formula is C32H48ClN4O12PS. The molecular weight excluding hydrogens is 731 g/mol. The van der Waals surface area contributed by atoms with Crippen molar-refractivity contribution in [1.82, 2.24) is 14.5 Å². The number of sulfone groups is 1. The third-order valence-corrected chi connectivity index (χ3v) is 13.4. The average molecular weight is 779 g/mol. The Bertz CT molecular complexity index is 1730. The number of nitrogens with one attached hydrogen (secondary N) is 1. The number of esters is 2. The summed E-state index contributed by atoms with van der Waals surface area (Å²) in [7, 11) is -8.94. The maximum absolute atomic E-state index is 13.8. The summed E-state index contributed by atoms with van der Waals surface area (Å²) in [5.41, 5.74) is -2.51. The predicted octanol–water partition coefficient (Wildman–Crippen LogP) is 5.55. The second-order valence-corrected chi connectivity index (χ2v) is 20.5. The Hall–Kier alpha value is -2.37. The maximum atomic E-state index is 13.8. The number of carbonyl (C=O) groups is 2. The van der Waals surface area contributed by atoms with Gasteiger partial charge in [-0.15, -0.1) is 0 Å². The molecule has 286 valence electrons. The van der Waals surface area contributed by atoms with Crippen LogP contribution in [0.2, 0.25) is 5.28 Å². The summed E-state index contributed by atoms with van der Waals surface area (Å²) in [6.07, 6.45) is 2.44. The number of rotatable bonds is 13. The molecule has 19 heteroatoms. The number of carbonyl (C=O) groups excluding carboxylic acids is 2. The molecule has 5 rings (SSSR count). The van der Waals surface area contributed by atoms with Gasteiger partial charge in [-0.2, -0.15) is 4.98 Å². The molecule has 1 N–H and O–H groups in total. The summed E-state index contributed by atoms with van der Waals surface area (Å²) < 4.78 is 82.4. The monoisotopic (exact) mass is 778 g/mol. The molecule has 2 saturated heterocycles. The van der Waals surface area contributed by atoms with Crippen LogP contribution in [-0.2, 0) is 56.7 Å². The topological polar surface area (TPSA) is 193 Å². The molecule has 0 unspecified atom stereocenters. The molecule has 2 aromatic rings. The van der Waals surface area contributed by atoms with Gasteiger partial charge in [0.05, 0.1) is 22.0 Å². The summed E-state index contributed by atoms with van der Waals surface area (Å²) in [6.45, 7) is 11.3. The molecule has 0 bridgehead atoms. The van der Waals surface area contributed by atoms with Gasteiger partial charge < -0.3 is 33.6 Å². The lowest BCUT2D eigenvalue weighted by atomic mass is 9.98. The van der Waals surface area contributed by atoms with Gasteiger partial charge in [0.15, 0.2) is 27.3 Å². The van der Waals surface area contributed by atoms with Crippen LogP contribution in [-0.4, -0.2) is 89.9 Å². The lowest BCUT2D eigenvalue weighted by Crippen LogP contribution is -2.35. The first-order valence-corrected chi connectivity index (χ1v) is 20.7. The van der Waals surface area contributed by atoms with E-state index >= 15 is 0 Å². The van der Waals surface area contributed by atoms with Crippen LogP contribution in [0.15, 0.2) is 12.3 Å². The zero-order chi connectivity index (χ0) is 37.6. The van der Waals surface area contributed by atoms with Gasteiger partial charge in [-0.05, 0) is 85.9 Å². The summed E-state index contributed by atoms with van der Waals surface area (Å²) >= 11 is 6.37. The highest BCUT2D eigenvalue weighted by Crippen LogP contribution is 2.51. The van der Waals surface area contributed by atoms with Crippen molar-refractivity contribution in [2.24, 2.45) is 10.8 Å². The fraction of sp³-hybridized carbons (Fsp3) is 0.750. The fourth-order valence-electron chi connectivity index (χ4n) is 6.01. The van der Waals surface area contributed by atoms with Crippen molar-refractivity contribution in [2.75, 3.05) is 30.1 Å². The van der Waals surface area contributed by atoms with Crippen molar-refractivity contribution in [2.45, 2.75) is 117 Å². The molecule has 4 heterocycles. The first kappa shape index (κ1) is 39.8. The van der Waals surface area contributed by atoms with Gasteiger partial charge in [-0.3, -0.25) is 23.2 Å². The van der Waals surface area contributed by atoms with Crippen molar-refractivity contribution >= 4 is 57.8 Å². The SMILES string of the molecule is CC1(C)O[C@@H]2[C@H](O1)[C@@H](CS(=O)(=O)CP(=O)(OCOC(=O)C(C)(C)C)OCOC(=O)C(C)(C)C)O[C@H]2n1ccc2c(NC3CCCC3)nc(Cl)nc21. The van der Waals surface area contributed by atoms with E-state index in [1.165, 1.54) is 0 Å². The Kier molecular flexibility index (Phi) is 11.6. The van der Waals surface area contributed by atoms with E-state index < -0.39 is 95.4 Å². The molecule has 2 aromatic heterocycles. The molecule has 0 radical (unpaired) electrons. The lowest BCUT2D eigenvalue weighted by molar-refractivity contribution is -0.193. The summed E-state index contributed by atoms with van der Waals surface area (Å²) in [5, 5.41) is 4.20. The van der Waals surface area contributed by atoms with E-state index in [2.05, 4.69) is 15.3 Å². The third-order valence-electron chi connectivity index (χ3n) is 8.52. The van der Waals surface area contributed by atoms with Gasteiger partial charge in [-0.1, -0.05) is 12.8 Å². The van der Waals surface area contributed by atoms with E-state index in [0.717, 1.165) is 25.7 Å². The van der Waals surface area contributed by atoms with Crippen LogP contribution >= 0.6 is 19.2 Å². The van der Waals surface area contributed by atoms with E-state index in [4.69, 9.17) is 44.3 Å². The Labute approximate surface area is 303 Å². The van der Waals surface area contributed by atoms with Crippen LogP contribution in [0, 0.1) is 10.8 Å². The van der Waals surface area contributed by atoms with Crippen LogP contribution in [0.4, 0.5) is 5.82 Å². The zero-order valence-corrected chi connectivity index (χ0v) is 32.6. The molecule has 0 spiro atoms. The molecule has 1 aliphatic carbocycles. The summed E-state index contributed by atoms with van der Waals surface area (Å²) in [4.78, 5) is 33.5. The molecule has 3 aliphatic rings. The van der Waals surface area contributed by atoms with Crippen molar-refractivity contribution in [3.05, 3.63) is 17.5 Å². The van der Waals surface area contributed by atoms with Gasteiger partial charge >= 0.3 is 19.5 Å². The molecule has 0 amide bonds. The zero-order valence-electron chi connectivity index (χ0n) is 30.2. The van der Waals surface area contributed by atoms with E-state index in [-0.39, 0.29) is 11.3 Å². The largest absolute Gasteiger partial charge is 0.438 e. The average Bonchev–Trinajstić information content (AvgIpc) is 3.77. The Balaban J connectivity index is 1.36. The minimum absolute atomic E-state index is 0.0256. The van der Waals surface area contributed by atoms with E-state index in [0.29, 0.717) is 16.9 Å². The summed E-state index contributed by atoms with van der Waals surface area (Å²) in [5.74, 6) is -2.53. The molecule has 16 nitrogen and oxygen atoms in total. The standard InChI is InChI=1S/C32H48ClN4O12PS/c1-30(2,3)27(38)43-16-45-50(40,46-17-44-28(39)31(4,5)6)18-51(41,42)15-21-22-23(49-32(7,8)48-22)26(47-21)37-14-13-20-24(34-19-11-9-10-12-19)35-29(33)36-25(20)37/h13-14,19,21-23,26H,9-12,15-18H2,1-8H3,(H,34,35,36)/t21-,22-,23-,26-/m1/s1. The van der Waals surface area contributed by atoms with Gasteiger partial charge in [-0.25, -0.2) is 13.4 Å². The normalized spacial score (nSPS) is 24.2. The number of fused-ring (bicyclic) bond motifs is 2. The quantitative estimate of drug-likeness (QED) is 0.115. The Morgan fingerprint density at radius 3 is 2.14 bits per heavy atom. The Morgan fingerprint density at radius 2 is 1.57 bits per heavy atom. The highest BCUT2D eigenvalue weighted by Gasteiger charge is 2.57. The van der Waals surface area contributed by atoms with Crippen LogP contribution in [0.5, 0.6) is 0 Å². The number of anilines is 1. The first-order chi connectivity index (χ1) is 23.6. The van der Waals surface area contributed by atoms with Crippen LogP contribution < -0.4 is 5.32 Å². The summed E-state index contributed by atoms with van der Waals surface area (Å²) in [6, 6.07) is 2.09. The van der Waals surface area contributed by atoms with Crippen LogP contribution in [0.3, 0.4) is 0 Å². The van der Waals surface area contributed by atoms with E-state index in [1.807, 2.05) is 6.07 Å². The number of hydrogen-bond donors (Lipinski definition) is 1. The highest BCUT2D eigenvalue weighted by atomic mass is 35.5. The number of hydrogen-bond acceptors (Lipinski definition) is 15. The molecule has 0 aromatic carbocycles. The van der Waals surface area contributed by atoms with Gasteiger partial charge in [0.1, 0.15) is 29.8 Å². The maximum Gasteiger partial charge on any atom is 0.351 e. The number of aromatic nitrogens is 3. The molecule has 51 heavy (non-hydrogen) atoms. The molecule has 1 saturated carbocycles. The highest BCUT2D eigenvalue weighted by molar-refractivity contribution is 7.97. The lowest BCUT2D eigenvalue weighted by Gasteiger charge is -2.25. The Morgan fingerprint density at radius 1 is 1.00 bits per heavy atom. The van der Waals surface area contributed by atoms with Crippen molar-refractivity contribution in [3.63, 3.8) is 0 Å². The molecule has 4 atom stereocenters. The van der Waals surface area contributed by atoms with Crippen LogP contribution in [0.25, 0.3) is 11.0 Å².